The predicted octanol–water partition coefficient (Wildman–Crippen LogP) is 4.75. The number of hydrogen-bond donors (Lipinski definition) is 1. The van der Waals surface area contributed by atoms with Crippen molar-refractivity contribution in [1.82, 2.24) is 5.16 Å². The van der Waals surface area contributed by atoms with Crippen molar-refractivity contribution in [3.05, 3.63) is 35.8 Å². The molecule has 112 valence electrons. The van der Waals surface area contributed by atoms with Crippen molar-refractivity contribution in [2.45, 2.75) is 45.4 Å². The zero-order chi connectivity index (χ0) is 15.0. The van der Waals surface area contributed by atoms with Gasteiger partial charge in [0.25, 0.3) is 0 Å². The summed E-state index contributed by atoms with van der Waals surface area (Å²) >= 11 is 0. The number of hydrogen-bond acceptors (Lipinski definition) is 3. The fourth-order valence-corrected chi connectivity index (χ4v) is 3.46. The maximum Gasteiger partial charge on any atom is 0.230 e. The van der Waals surface area contributed by atoms with E-state index in [9.17, 15) is 4.39 Å². The molecule has 2 N–H and O–H groups in total. The van der Waals surface area contributed by atoms with E-state index in [1.54, 1.807) is 12.1 Å². The molecular formula is C17H21FN2O. The van der Waals surface area contributed by atoms with E-state index in [1.807, 2.05) is 0 Å². The molecule has 1 aliphatic carbocycles. The molecule has 1 saturated carbocycles. The molecule has 0 spiro atoms. The summed E-state index contributed by atoms with van der Waals surface area (Å²) in [5.41, 5.74) is 8.78. The number of nitrogens with zero attached hydrogens (tertiary/aromatic N) is 1. The van der Waals surface area contributed by atoms with Crippen LogP contribution in [0, 0.1) is 11.2 Å². The van der Waals surface area contributed by atoms with Crippen LogP contribution in [0.4, 0.5) is 10.3 Å². The second-order valence-electron chi connectivity index (χ2n) is 6.60. The van der Waals surface area contributed by atoms with Crippen LogP contribution < -0.4 is 5.73 Å². The Hall–Kier alpha value is -1.84. The molecule has 0 aliphatic heterocycles. The molecule has 2 aromatic rings. The second-order valence-corrected chi connectivity index (χ2v) is 6.60. The summed E-state index contributed by atoms with van der Waals surface area (Å²) in [6.45, 7) is 4.55. The normalized spacial score (nSPS) is 21.4. The molecule has 3 nitrogen and oxygen atoms in total. The van der Waals surface area contributed by atoms with Crippen molar-refractivity contribution in [2.24, 2.45) is 5.41 Å². The lowest BCUT2D eigenvalue weighted by Gasteiger charge is -2.37. The lowest BCUT2D eigenvalue weighted by atomic mass is 9.67. The SMILES string of the molecule is CC1(C)CCCCC1c1noc(N)c1-c1ccc(F)cc1. The minimum atomic E-state index is -0.256. The molecule has 1 unspecified atom stereocenters. The minimum absolute atomic E-state index is 0.177. The van der Waals surface area contributed by atoms with Crippen molar-refractivity contribution < 1.29 is 8.91 Å². The Morgan fingerprint density at radius 1 is 1.24 bits per heavy atom. The second kappa shape index (κ2) is 5.17. The number of nitrogens with two attached hydrogens (primary N) is 1. The van der Waals surface area contributed by atoms with E-state index < -0.39 is 0 Å². The number of anilines is 1. The number of aromatic nitrogens is 1. The Morgan fingerprint density at radius 3 is 2.62 bits per heavy atom. The van der Waals surface area contributed by atoms with Gasteiger partial charge in [0, 0.05) is 5.92 Å². The maximum absolute atomic E-state index is 13.1. The number of nitrogen functional groups attached to an aromatic ring is 1. The number of rotatable bonds is 2. The summed E-state index contributed by atoms with van der Waals surface area (Å²) in [4.78, 5) is 0. The zero-order valence-electron chi connectivity index (χ0n) is 12.5. The van der Waals surface area contributed by atoms with Gasteiger partial charge in [0.2, 0.25) is 5.88 Å². The lowest BCUT2D eigenvalue weighted by molar-refractivity contribution is 0.192. The molecule has 21 heavy (non-hydrogen) atoms. The summed E-state index contributed by atoms with van der Waals surface area (Å²) in [6, 6.07) is 6.35. The summed E-state index contributed by atoms with van der Waals surface area (Å²) in [6.07, 6.45) is 4.72. The fourth-order valence-electron chi connectivity index (χ4n) is 3.46. The van der Waals surface area contributed by atoms with Gasteiger partial charge in [-0.15, -0.1) is 0 Å². The first kappa shape index (κ1) is 14.1. The van der Waals surface area contributed by atoms with Crippen LogP contribution >= 0.6 is 0 Å². The summed E-state index contributed by atoms with van der Waals surface area (Å²) in [7, 11) is 0. The van der Waals surface area contributed by atoms with Crippen molar-refractivity contribution in [2.75, 3.05) is 5.73 Å². The van der Waals surface area contributed by atoms with E-state index in [0.717, 1.165) is 23.2 Å². The molecular weight excluding hydrogens is 267 g/mol. The van der Waals surface area contributed by atoms with Crippen molar-refractivity contribution >= 4 is 5.88 Å². The van der Waals surface area contributed by atoms with E-state index in [0.29, 0.717) is 11.8 Å². The number of benzene rings is 1. The molecule has 4 heteroatoms. The van der Waals surface area contributed by atoms with Gasteiger partial charge in [-0.25, -0.2) is 4.39 Å². The van der Waals surface area contributed by atoms with Crippen molar-refractivity contribution in [3.8, 4) is 11.1 Å². The molecule has 3 rings (SSSR count). The maximum atomic E-state index is 13.1. The average Bonchev–Trinajstić information content (AvgIpc) is 2.81. The van der Waals surface area contributed by atoms with Crippen LogP contribution in [0.25, 0.3) is 11.1 Å². The smallest absolute Gasteiger partial charge is 0.230 e. The Kier molecular flexibility index (Phi) is 3.47. The van der Waals surface area contributed by atoms with Gasteiger partial charge in [-0.2, -0.15) is 0 Å². The average molecular weight is 288 g/mol. The monoisotopic (exact) mass is 288 g/mol. The van der Waals surface area contributed by atoms with E-state index >= 15 is 0 Å². The first-order valence-corrected chi connectivity index (χ1v) is 7.50. The molecule has 1 aromatic heterocycles. The third-order valence-electron chi connectivity index (χ3n) is 4.72. The fraction of sp³-hybridized carbons (Fsp3) is 0.471. The molecule has 0 radical (unpaired) electrons. The van der Waals surface area contributed by atoms with Crippen LogP contribution in [0.5, 0.6) is 0 Å². The van der Waals surface area contributed by atoms with Gasteiger partial charge in [0.05, 0.1) is 11.3 Å². The first-order chi connectivity index (χ1) is 9.99. The highest BCUT2D eigenvalue weighted by Gasteiger charge is 2.37. The molecule has 0 amide bonds. The van der Waals surface area contributed by atoms with Gasteiger partial charge in [-0.3, -0.25) is 0 Å². The highest BCUT2D eigenvalue weighted by atomic mass is 19.1. The lowest BCUT2D eigenvalue weighted by Crippen LogP contribution is -2.26. The molecule has 1 heterocycles. The highest BCUT2D eigenvalue weighted by molar-refractivity contribution is 5.75. The van der Waals surface area contributed by atoms with Crippen LogP contribution in [0.1, 0.15) is 51.1 Å². The number of halogens is 1. The van der Waals surface area contributed by atoms with Gasteiger partial charge in [0.15, 0.2) is 0 Å². The summed E-state index contributed by atoms with van der Waals surface area (Å²) < 4.78 is 18.4. The molecule has 1 atom stereocenters. The van der Waals surface area contributed by atoms with Gasteiger partial charge < -0.3 is 10.3 Å². The molecule has 1 aromatic carbocycles. The predicted molar refractivity (Wildman–Crippen MR) is 81.3 cm³/mol. The van der Waals surface area contributed by atoms with Crippen molar-refractivity contribution in [1.29, 1.82) is 0 Å². The minimum Gasteiger partial charge on any atom is -0.367 e. The van der Waals surface area contributed by atoms with Crippen LogP contribution in [0.15, 0.2) is 28.8 Å². The zero-order valence-corrected chi connectivity index (χ0v) is 12.5. The Morgan fingerprint density at radius 2 is 1.95 bits per heavy atom. The Balaban J connectivity index is 2.06. The summed E-state index contributed by atoms with van der Waals surface area (Å²) in [5, 5.41) is 4.24. The summed E-state index contributed by atoms with van der Waals surface area (Å²) in [5.74, 6) is 0.388. The van der Waals surface area contributed by atoms with E-state index in [4.69, 9.17) is 10.3 Å². The van der Waals surface area contributed by atoms with Crippen LogP contribution in [0.2, 0.25) is 0 Å². The molecule has 1 aliphatic rings. The van der Waals surface area contributed by atoms with E-state index in [-0.39, 0.29) is 11.2 Å². The first-order valence-electron chi connectivity index (χ1n) is 7.50. The molecule has 1 fully saturated rings. The Bertz CT molecular complexity index is 631. The van der Waals surface area contributed by atoms with Gasteiger partial charge in [-0.05, 0) is 36.0 Å². The molecule has 0 saturated heterocycles. The largest absolute Gasteiger partial charge is 0.367 e. The van der Waals surface area contributed by atoms with Gasteiger partial charge in [-0.1, -0.05) is 44.0 Å². The van der Waals surface area contributed by atoms with E-state index in [1.165, 1.54) is 31.4 Å². The van der Waals surface area contributed by atoms with Gasteiger partial charge >= 0.3 is 0 Å². The molecule has 0 bridgehead atoms. The third-order valence-corrected chi connectivity index (χ3v) is 4.72. The quantitative estimate of drug-likeness (QED) is 0.867. The topological polar surface area (TPSA) is 52.0 Å². The Labute approximate surface area is 124 Å². The van der Waals surface area contributed by atoms with E-state index in [2.05, 4.69) is 19.0 Å². The third kappa shape index (κ3) is 2.55. The van der Waals surface area contributed by atoms with Crippen LogP contribution in [-0.4, -0.2) is 5.16 Å². The van der Waals surface area contributed by atoms with Crippen molar-refractivity contribution in [3.63, 3.8) is 0 Å². The van der Waals surface area contributed by atoms with Crippen LogP contribution in [-0.2, 0) is 0 Å². The standard InChI is InChI=1S/C17H21FN2O/c1-17(2)10-4-3-5-13(17)15-14(16(19)21-20-15)11-6-8-12(18)9-7-11/h6-9,13H,3-5,10,19H2,1-2H3. The van der Waals surface area contributed by atoms with Gasteiger partial charge in [0.1, 0.15) is 5.82 Å². The van der Waals surface area contributed by atoms with Crippen LogP contribution in [0.3, 0.4) is 0 Å². The highest BCUT2D eigenvalue weighted by Crippen LogP contribution is 2.49.